The van der Waals surface area contributed by atoms with Gasteiger partial charge in [-0.05, 0) is 30.7 Å². The van der Waals surface area contributed by atoms with Crippen LogP contribution in [0.2, 0.25) is 0 Å². The Morgan fingerprint density at radius 2 is 2.08 bits per heavy atom. The maximum absolute atomic E-state index is 12.5. The Balaban J connectivity index is 1.55. The molecule has 0 spiro atoms. The van der Waals surface area contributed by atoms with Gasteiger partial charge in [-0.15, -0.1) is 0 Å². The molecule has 3 rings (SSSR count). The first kappa shape index (κ1) is 19.5. The summed E-state index contributed by atoms with van der Waals surface area (Å²) >= 11 is 3.66. The van der Waals surface area contributed by atoms with E-state index in [2.05, 4.69) is 73.8 Å². The zero-order valence-corrected chi connectivity index (χ0v) is 17.3. The van der Waals surface area contributed by atoms with E-state index in [1.807, 2.05) is 12.3 Å². The lowest BCUT2D eigenvalue weighted by atomic mass is 9.99. The number of nitrogens with one attached hydrogen (secondary N) is 3. The van der Waals surface area contributed by atoms with E-state index in [9.17, 15) is 4.79 Å². The molecular weight excluding hydrogens is 396 g/mol. The van der Waals surface area contributed by atoms with Gasteiger partial charge in [0.15, 0.2) is 0 Å². The average Bonchev–Trinajstić information content (AvgIpc) is 3.02. The molecule has 3 atom stereocenters. The van der Waals surface area contributed by atoms with E-state index in [1.54, 1.807) is 0 Å². The number of hydrogen-bond donors (Lipinski definition) is 3. The van der Waals surface area contributed by atoms with Crippen LogP contribution in [-0.2, 0) is 11.3 Å². The van der Waals surface area contributed by atoms with Crippen molar-refractivity contribution in [3.63, 3.8) is 0 Å². The molecule has 0 bridgehead atoms. The number of nitrogens with zero attached hydrogens (tertiary/aromatic N) is 3. The normalized spacial score (nSPS) is 27.1. The fourth-order valence-corrected chi connectivity index (χ4v) is 4.49. The zero-order valence-electron chi connectivity index (χ0n) is 15.7. The third-order valence-electron chi connectivity index (χ3n) is 5.17. The van der Waals surface area contributed by atoms with Crippen LogP contribution in [0, 0.1) is 5.92 Å². The van der Waals surface area contributed by atoms with Crippen LogP contribution in [0.3, 0.4) is 0 Å². The number of halogens is 1. The van der Waals surface area contributed by atoms with Crippen LogP contribution in [0.25, 0.3) is 0 Å². The highest BCUT2D eigenvalue weighted by Crippen LogP contribution is 2.22. The summed E-state index contributed by atoms with van der Waals surface area (Å²) in [5, 5.41) is 3.04. The molecule has 3 unspecified atom stereocenters. The molecule has 3 N–H and O–H groups in total. The van der Waals surface area contributed by atoms with Gasteiger partial charge in [0.1, 0.15) is 11.9 Å². The van der Waals surface area contributed by atoms with Gasteiger partial charge in [0, 0.05) is 45.0 Å². The van der Waals surface area contributed by atoms with E-state index >= 15 is 0 Å². The van der Waals surface area contributed by atoms with Gasteiger partial charge in [-0.25, -0.2) is 10.4 Å². The second kappa shape index (κ2) is 8.65. The van der Waals surface area contributed by atoms with Gasteiger partial charge >= 0.3 is 0 Å². The highest BCUT2D eigenvalue weighted by atomic mass is 79.9. The van der Waals surface area contributed by atoms with E-state index in [0.29, 0.717) is 12.5 Å². The van der Waals surface area contributed by atoms with Crippen molar-refractivity contribution < 1.29 is 4.79 Å². The number of hydrazine groups is 1. The number of carbonyl (C=O) groups is 1. The van der Waals surface area contributed by atoms with E-state index in [0.717, 1.165) is 37.6 Å². The summed E-state index contributed by atoms with van der Waals surface area (Å²) in [5.41, 5.74) is 7.39. The first-order valence-electron chi connectivity index (χ1n) is 9.27. The largest absolute Gasteiger partial charge is 0.354 e. The smallest absolute Gasteiger partial charge is 0.239 e. The van der Waals surface area contributed by atoms with Crippen molar-refractivity contribution >= 4 is 27.7 Å². The molecule has 1 aromatic rings. The molecule has 2 aliphatic heterocycles. The van der Waals surface area contributed by atoms with Crippen LogP contribution in [0.15, 0.2) is 18.3 Å². The number of carbonyl (C=O) groups excluding carboxylic acids is 1. The average molecular weight is 425 g/mol. The van der Waals surface area contributed by atoms with Crippen LogP contribution in [-0.4, -0.2) is 65.9 Å². The van der Waals surface area contributed by atoms with E-state index in [-0.39, 0.29) is 22.8 Å². The van der Waals surface area contributed by atoms with Gasteiger partial charge in [0.25, 0.3) is 0 Å². The molecule has 7 nitrogen and oxygen atoms in total. The molecule has 0 saturated carbocycles. The van der Waals surface area contributed by atoms with Crippen molar-refractivity contribution in [2.24, 2.45) is 5.92 Å². The van der Waals surface area contributed by atoms with E-state index < -0.39 is 0 Å². The maximum Gasteiger partial charge on any atom is 0.239 e. The summed E-state index contributed by atoms with van der Waals surface area (Å²) in [7, 11) is 2.14. The first-order chi connectivity index (χ1) is 12.5. The van der Waals surface area contributed by atoms with Gasteiger partial charge in [-0.3, -0.25) is 10.2 Å². The third-order valence-corrected chi connectivity index (χ3v) is 6.27. The highest BCUT2D eigenvalue weighted by Gasteiger charge is 2.39. The number of likely N-dealkylation sites (N-methyl/N-ethyl adjacent to an activating group) is 1. The van der Waals surface area contributed by atoms with Crippen molar-refractivity contribution in [3.8, 4) is 0 Å². The van der Waals surface area contributed by atoms with Gasteiger partial charge < -0.3 is 15.1 Å². The van der Waals surface area contributed by atoms with Crippen LogP contribution < -0.4 is 21.1 Å². The Kier molecular flexibility index (Phi) is 6.50. The maximum atomic E-state index is 12.5. The van der Waals surface area contributed by atoms with Gasteiger partial charge in [0.05, 0.1) is 4.83 Å². The van der Waals surface area contributed by atoms with Crippen LogP contribution in [0.4, 0.5) is 5.82 Å². The second-order valence-corrected chi connectivity index (χ2v) is 8.57. The predicted molar refractivity (Wildman–Crippen MR) is 107 cm³/mol. The molecule has 0 aromatic carbocycles. The molecule has 3 heterocycles. The molecule has 1 amide bonds. The first-order valence-corrected chi connectivity index (χ1v) is 10.2. The topological polar surface area (TPSA) is 72.5 Å². The predicted octanol–water partition coefficient (Wildman–Crippen LogP) is 0.714. The molecule has 0 radical (unpaired) electrons. The minimum Gasteiger partial charge on any atom is -0.354 e. The third kappa shape index (κ3) is 4.54. The fraction of sp³-hybridized carbons (Fsp3) is 0.667. The summed E-state index contributed by atoms with van der Waals surface area (Å²) in [6.07, 6.45) is 1.83. The lowest BCUT2D eigenvalue weighted by Crippen LogP contribution is -2.46. The Morgan fingerprint density at radius 1 is 1.35 bits per heavy atom. The van der Waals surface area contributed by atoms with E-state index in [4.69, 9.17) is 0 Å². The molecule has 0 aliphatic carbocycles. The zero-order chi connectivity index (χ0) is 18.7. The Hall–Kier alpha value is -1.22. The summed E-state index contributed by atoms with van der Waals surface area (Å²) in [6, 6.07) is 3.99. The minimum absolute atomic E-state index is 0.000449. The molecule has 1 aromatic heterocycles. The molecule has 2 aliphatic rings. The number of amides is 1. The molecule has 2 fully saturated rings. The Labute approximate surface area is 164 Å². The van der Waals surface area contributed by atoms with Crippen molar-refractivity contribution in [2.75, 3.05) is 38.1 Å². The van der Waals surface area contributed by atoms with Crippen LogP contribution in [0.1, 0.15) is 19.4 Å². The lowest BCUT2D eigenvalue weighted by molar-refractivity contribution is -0.122. The number of aromatic nitrogens is 1. The molecular formula is C18H29BrN6O. The Morgan fingerprint density at radius 3 is 2.73 bits per heavy atom. The number of pyridine rings is 1. The summed E-state index contributed by atoms with van der Waals surface area (Å²) in [4.78, 5) is 21.7. The van der Waals surface area contributed by atoms with Crippen LogP contribution >= 0.6 is 15.9 Å². The van der Waals surface area contributed by atoms with Crippen molar-refractivity contribution in [2.45, 2.75) is 37.3 Å². The number of anilines is 1. The van der Waals surface area contributed by atoms with Crippen molar-refractivity contribution in [1.29, 1.82) is 0 Å². The second-order valence-electron chi connectivity index (χ2n) is 7.51. The number of rotatable bonds is 5. The molecule has 144 valence electrons. The Bertz CT molecular complexity index is 619. The van der Waals surface area contributed by atoms with Gasteiger partial charge in [-0.2, -0.15) is 0 Å². The molecule has 8 heteroatoms. The monoisotopic (exact) mass is 424 g/mol. The molecule has 26 heavy (non-hydrogen) atoms. The van der Waals surface area contributed by atoms with Gasteiger partial charge in [0.2, 0.25) is 5.91 Å². The minimum atomic E-state index is -0.277. The SMILES string of the molecule is CC(C)C1NNC(C(=O)NCc2ccnc(N3CCN(C)CC3)c2)C1Br. The van der Waals surface area contributed by atoms with Gasteiger partial charge in [-0.1, -0.05) is 29.8 Å². The number of piperazine rings is 1. The van der Waals surface area contributed by atoms with Crippen LogP contribution in [0.5, 0.6) is 0 Å². The summed E-state index contributed by atoms with van der Waals surface area (Å²) in [6.45, 7) is 8.86. The van der Waals surface area contributed by atoms with Crippen molar-refractivity contribution in [3.05, 3.63) is 23.9 Å². The molecule has 2 saturated heterocycles. The lowest BCUT2D eigenvalue weighted by Gasteiger charge is -2.33. The van der Waals surface area contributed by atoms with Crippen molar-refractivity contribution in [1.82, 2.24) is 26.1 Å². The standard InChI is InChI=1S/C18H29BrN6O/c1-12(2)16-15(19)17(23-22-16)18(26)21-11-13-4-5-20-14(10-13)25-8-6-24(3)7-9-25/h4-5,10,12,15-17,22-23H,6-9,11H2,1-3H3,(H,21,26). The quantitative estimate of drug-likeness (QED) is 0.604. The number of alkyl halides is 1. The van der Waals surface area contributed by atoms with E-state index in [1.165, 1.54) is 0 Å². The highest BCUT2D eigenvalue weighted by molar-refractivity contribution is 9.09. The fourth-order valence-electron chi connectivity index (χ4n) is 3.38. The summed E-state index contributed by atoms with van der Waals surface area (Å²) < 4.78 is 0. The number of hydrogen-bond acceptors (Lipinski definition) is 6. The summed E-state index contributed by atoms with van der Waals surface area (Å²) in [5.74, 6) is 1.43.